The predicted molar refractivity (Wildman–Crippen MR) is 96.9 cm³/mol. The van der Waals surface area contributed by atoms with Crippen molar-refractivity contribution in [2.24, 2.45) is 0 Å². The SMILES string of the molecule is CN(OC(=O)c1cccc(C(F)(C(F)(F)F)C(F)(F)F)c1)C(=O)c1ccc(C(F)(F)F)cc1[N+](=O)[O-]. The van der Waals surface area contributed by atoms with Crippen LogP contribution < -0.4 is 0 Å². The monoisotopic (exact) mass is 536 g/mol. The van der Waals surface area contributed by atoms with E-state index in [0.717, 1.165) is 0 Å². The summed E-state index contributed by atoms with van der Waals surface area (Å²) in [6, 6.07) is 1.73. The van der Waals surface area contributed by atoms with Gasteiger partial charge in [-0.1, -0.05) is 12.1 Å². The van der Waals surface area contributed by atoms with E-state index in [1.165, 1.54) is 0 Å². The zero-order chi connectivity index (χ0) is 27.9. The second-order valence-electron chi connectivity index (χ2n) is 6.90. The number of carbonyl (C=O) groups excluding carboxylic acids is 2. The van der Waals surface area contributed by atoms with Crippen LogP contribution in [0.1, 0.15) is 31.8 Å². The Balaban J connectivity index is 2.38. The van der Waals surface area contributed by atoms with Crippen molar-refractivity contribution < 1.29 is 63.3 Å². The molecule has 2 rings (SSSR count). The summed E-state index contributed by atoms with van der Waals surface area (Å²) in [5, 5.41) is 11.0. The zero-order valence-electron chi connectivity index (χ0n) is 17.3. The molecule has 0 unspecified atom stereocenters. The summed E-state index contributed by atoms with van der Waals surface area (Å²) < 4.78 is 130. The summed E-state index contributed by atoms with van der Waals surface area (Å²) >= 11 is 0. The number of amides is 1. The van der Waals surface area contributed by atoms with E-state index in [-0.39, 0.29) is 23.3 Å². The number of hydroxylamine groups is 2. The first-order valence-electron chi connectivity index (χ1n) is 9.00. The summed E-state index contributed by atoms with van der Waals surface area (Å²) in [6.45, 7) is 0. The number of rotatable bonds is 4. The number of nitro groups is 1. The van der Waals surface area contributed by atoms with Crippen LogP contribution >= 0.6 is 0 Å². The number of benzene rings is 2. The van der Waals surface area contributed by atoms with Crippen LogP contribution in [-0.2, 0) is 16.7 Å². The molecule has 0 atom stereocenters. The van der Waals surface area contributed by atoms with Crippen LogP contribution in [0.2, 0.25) is 0 Å². The van der Waals surface area contributed by atoms with Crippen LogP contribution in [0.3, 0.4) is 0 Å². The summed E-state index contributed by atoms with van der Waals surface area (Å²) in [5.41, 5.74) is -12.9. The minimum Gasteiger partial charge on any atom is -0.333 e. The van der Waals surface area contributed by atoms with Gasteiger partial charge in [0.2, 0.25) is 0 Å². The molecule has 7 nitrogen and oxygen atoms in total. The average Bonchev–Trinajstić information content (AvgIpc) is 2.75. The lowest BCUT2D eigenvalue weighted by atomic mass is 9.93. The third-order valence-electron chi connectivity index (χ3n) is 4.54. The highest BCUT2D eigenvalue weighted by Gasteiger charge is 2.73. The molecule has 0 N–H and O–H groups in total. The van der Waals surface area contributed by atoms with Gasteiger partial charge >= 0.3 is 30.2 Å². The molecule has 0 radical (unpaired) electrons. The molecule has 0 bridgehead atoms. The Labute approximate surface area is 193 Å². The molecule has 0 spiro atoms. The van der Waals surface area contributed by atoms with Gasteiger partial charge in [0.15, 0.2) is 0 Å². The first-order valence-corrected chi connectivity index (χ1v) is 9.00. The Morgan fingerprint density at radius 1 is 0.861 bits per heavy atom. The van der Waals surface area contributed by atoms with Gasteiger partial charge in [-0.05, 0) is 24.3 Å². The van der Waals surface area contributed by atoms with Gasteiger partial charge in [-0.3, -0.25) is 14.9 Å². The van der Waals surface area contributed by atoms with Crippen LogP contribution in [0.5, 0.6) is 0 Å². The van der Waals surface area contributed by atoms with Gasteiger partial charge in [-0.2, -0.15) is 44.6 Å². The second kappa shape index (κ2) is 9.27. The Kier molecular flexibility index (Phi) is 7.29. The minimum atomic E-state index is -6.48. The minimum absolute atomic E-state index is 0.0154. The molecule has 1 amide bonds. The Bertz CT molecular complexity index is 1180. The third kappa shape index (κ3) is 5.33. The number of alkyl halides is 10. The maximum atomic E-state index is 14.2. The Morgan fingerprint density at radius 2 is 1.42 bits per heavy atom. The van der Waals surface area contributed by atoms with Crippen molar-refractivity contribution >= 4 is 17.6 Å². The van der Waals surface area contributed by atoms with Crippen molar-refractivity contribution in [3.05, 3.63) is 74.8 Å². The van der Waals surface area contributed by atoms with Crippen LogP contribution in [0, 0.1) is 10.1 Å². The first-order chi connectivity index (χ1) is 16.2. The zero-order valence-corrected chi connectivity index (χ0v) is 17.3. The van der Waals surface area contributed by atoms with Gasteiger partial charge < -0.3 is 4.84 Å². The van der Waals surface area contributed by atoms with E-state index in [4.69, 9.17) is 0 Å². The molecule has 0 aliphatic carbocycles. The quantitative estimate of drug-likeness (QED) is 0.282. The van der Waals surface area contributed by atoms with Crippen LogP contribution in [0.25, 0.3) is 0 Å². The topological polar surface area (TPSA) is 89.8 Å². The van der Waals surface area contributed by atoms with Gasteiger partial charge in [0.25, 0.3) is 11.6 Å². The number of hydrogen-bond donors (Lipinski definition) is 0. The van der Waals surface area contributed by atoms with E-state index in [1.807, 2.05) is 0 Å². The van der Waals surface area contributed by atoms with Gasteiger partial charge in [-0.25, -0.2) is 9.18 Å². The van der Waals surface area contributed by atoms with Gasteiger partial charge in [0.1, 0.15) is 5.56 Å². The highest BCUT2D eigenvalue weighted by Crippen LogP contribution is 2.53. The molecule has 0 aliphatic rings. The van der Waals surface area contributed by atoms with Gasteiger partial charge in [0, 0.05) is 18.7 Å². The fraction of sp³-hybridized carbons (Fsp3) is 0.263. The second-order valence-corrected chi connectivity index (χ2v) is 6.90. The van der Waals surface area contributed by atoms with Crippen molar-refractivity contribution in [1.29, 1.82) is 0 Å². The lowest BCUT2D eigenvalue weighted by Crippen LogP contribution is -2.50. The van der Waals surface area contributed by atoms with Gasteiger partial charge in [0.05, 0.1) is 16.1 Å². The fourth-order valence-corrected chi connectivity index (χ4v) is 2.78. The van der Waals surface area contributed by atoms with Gasteiger partial charge in [-0.15, -0.1) is 0 Å². The average molecular weight is 536 g/mol. The smallest absolute Gasteiger partial charge is 0.333 e. The summed E-state index contributed by atoms with van der Waals surface area (Å²) in [6.07, 6.45) is -18.0. The third-order valence-corrected chi connectivity index (χ3v) is 4.54. The van der Waals surface area contributed by atoms with E-state index in [1.54, 1.807) is 0 Å². The summed E-state index contributed by atoms with van der Waals surface area (Å²) in [5.74, 6) is -3.38. The standard InChI is InChI=1S/C19H10F10N2O5/c1-30(14(32)12-6-5-11(17(21,22)23)8-13(12)31(34)35)36-15(33)9-3-2-4-10(7-9)16(20,18(24,25)26)19(27,28)29/h2-8H,1H3. The first kappa shape index (κ1) is 28.3. The van der Waals surface area contributed by atoms with E-state index in [0.29, 0.717) is 31.3 Å². The molecule has 0 aromatic heterocycles. The highest BCUT2D eigenvalue weighted by molar-refractivity contribution is 5.99. The van der Waals surface area contributed by atoms with Crippen LogP contribution in [0.4, 0.5) is 49.6 Å². The van der Waals surface area contributed by atoms with Crippen molar-refractivity contribution in [2.45, 2.75) is 24.2 Å². The molecule has 17 heteroatoms. The lowest BCUT2D eigenvalue weighted by molar-refractivity contribution is -0.385. The Morgan fingerprint density at radius 3 is 1.89 bits per heavy atom. The van der Waals surface area contributed by atoms with Crippen molar-refractivity contribution in [2.75, 3.05) is 7.05 Å². The molecular formula is C19H10F10N2O5. The van der Waals surface area contributed by atoms with E-state index in [9.17, 15) is 63.6 Å². The van der Waals surface area contributed by atoms with Crippen molar-refractivity contribution in [1.82, 2.24) is 5.06 Å². The van der Waals surface area contributed by atoms with Crippen LogP contribution in [0.15, 0.2) is 42.5 Å². The lowest BCUT2D eigenvalue weighted by Gasteiger charge is -2.30. The molecule has 0 heterocycles. The molecule has 2 aromatic rings. The molecule has 196 valence electrons. The maximum Gasteiger partial charge on any atom is 0.435 e. The van der Waals surface area contributed by atoms with E-state index < -0.39 is 68.9 Å². The number of carbonyl (C=O) groups is 2. The number of nitro benzene ring substituents is 1. The van der Waals surface area contributed by atoms with E-state index in [2.05, 4.69) is 4.84 Å². The highest BCUT2D eigenvalue weighted by atomic mass is 19.4. The molecule has 2 aromatic carbocycles. The molecular weight excluding hydrogens is 526 g/mol. The number of halogens is 10. The summed E-state index contributed by atoms with van der Waals surface area (Å²) in [7, 11) is 0.621. The predicted octanol–water partition coefficient (Wildman–Crippen LogP) is 5.75. The summed E-state index contributed by atoms with van der Waals surface area (Å²) in [4.78, 5) is 38.8. The van der Waals surface area contributed by atoms with Crippen molar-refractivity contribution in [3.63, 3.8) is 0 Å². The fourth-order valence-electron chi connectivity index (χ4n) is 2.78. The molecule has 36 heavy (non-hydrogen) atoms. The van der Waals surface area contributed by atoms with Crippen molar-refractivity contribution in [3.8, 4) is 0 Å². The Hall–Kier alpha value is -3.92. The molecule has 0 saturated heterocycles. The largest absolute Gasteiger partial charge is 0.435 e. The number of hydrogen-bond acceptors (Lipinski definition) is 5. The normalized spacial score (nSPS) is 12.8. The van der Waals surface area contributed by atoms with E-state index >= 15 is 0 Å². The van der Waals surface area contributed by atoms with Crippen LogP contribution in [-0.4, -0.2) is 41.3 Å². The molecule has 0 saturated carbocycles. The molecule has 0 fully saturated rings. The maximum absolute atomic E-state index is 14.2. The number of nitrogens with zero attached hydrogens (tertiary/aromatic N) is 2. The molecule has 0 aliphatic heterocycles.